The Balaban J connectivity index is 2.33. The van der Waals surface area contributed by atoms with E-state index in [1.807, 2.05) is 4.98 Å². The topological polar surface area (TPSA) is 128 Å². The zero-order chi connectivity index (χ0) is 14.7. The maximum absolute atomic E-state index is 12.9. The molecular weight excluding hydrogens is 271 g/mol. The number of nitrogens with zero attached hydrogens (tertiary/aromatic N) is 2. The van der Waals surface area contributed by atoms with E-state index in [0.717, 1.165) is 12.1 Å². The molecule has 2 rings (SSSR count). The quantitative estimate of drug-likeness (QED) is 0.703. The number of aromatic hydroxyl groups is 1. The molecule has 8 nitrogen and oxygen atoms in total. The maximum Gasteiger partial charge on any atom is 0.328 e. The molecule has 0 bridgehead atoms. The number of aromatic nitrogens is 2. The van der Waals surface area contributed by atoms with Crippen molar-refractivity contribution in [3.63, 3.8) is 0 Å². The lowest BCUT2D eigenvalue weighted by molar-refractivity contribution is 0.0994. The number of carbonyl (C=O) groups is 1. The summed E-state index contributed by atoms with van der Waals surface area (Å²) in [6, 6.07) is 4.70. The van der Waals surface area contributed by atoms with Gasteiger partial charge >= 0.3 is 5.69 Å². The lowest BCUT2D eigenvalue weighted by atomic mass is 10.2. The third-order valence-electron chi connectivity index (χ3n) is 2.21. The van der Waals surface area contributed by atoms with Gasteiger partial charge in [0.2, 0.25) is 11.6 Å². The second kappa shape index (κ2) is 5.26. The molecule has 1 aromatic heterocycles. The summed E-state index contributed by atoms with van der Waals surface area (Å²) in [5.41, 5.74) is -2.65. The Hall–Kier alpha value is -3.10. The van der Waals surface area contributed by atoms with E-state index < -0.39 is 34.5 Å². The van der Waals surface area contributed by atoms with Crippen LogP contribution in [-0.4, -0.2) is 21.0 Å². The minimum Gasteiger partial charge on any atom is -0.493 e. The van der Waals surface area contributed by atoms with Gasteiger partial charge in [0.05, 0.1) is 0 Å². The van der Waals surface area contributed by atoms with Crippen LogP contribution in [0.3, 0.4) is 0 Å². The second-order valence-electron chi connectivity index (χ2n) is 3.62. The summed E-state index contributed by atoms with van der Waals surface area (Å²) < 4.78 is 12.9. The average molecular weight is 278 g/mol. The smallest absolute Gasteiger partial charge is 0.328 e. The van der Waals surface area contributed by atoms with E-state index in [1.54, 1.807) is 4.98 Å². The number of azo groups is 1. The largest absolute Gasteiger partial charge is 0.493 e. The van der Waals surface area contributed by atoms with Crippen LogP contribution in [0.15, 0.2) is 44.1 Å². The van der Waals surface area contributed by atoms with Crippen molar-refractivity contribution < 1.29 is 14.3 Å². The van der Waals surface area contributed by atoms with Gasteiger partial charge in [-0.1, -0.05) is 6.07 Å². The number of nitrogens with one attached hydrogen (secondary N) is 2. The van der Waals surface area contributed by atoms with E-state index in [2.05, 4.69) is 10.2 Å². The van der Waals surface area contributed by atoms with E-state index in [0.29, 0.717) is 0 Å². The number of hydrogen-bond acceptors (Lipinski definition) is 5. The highest BCUT2D eigenvalue weighted by Crippen LogP contribution is 2.16. The molecule has 20 heavy (non-hydrogen) atoms. The number of hydrogen-bond donors (Lipinski definition) is 3. The van der Waals surface area contributed by atoms with Gasteiger partial charge in [-0.25, -0.2) is 9.18 Å². The van der Waals surface area contributed by atoms with E-state index in [4.69, 9.17) is 0 Å². The highest BCUT2D eigenvalue weighted by Gasteiger charge is 2.09. The molecule has 0 saturated heterocycles. The molecule has 2 aromatic rings. The van der Waals surface area contributed by atoms with Gasteiger partial charge in [0.25, 0.3) is 11.5 Å². The Morgan fingerprint density at radius 1 is 1.25 bits per heavy atom. The molecule has 0 aliphatic heterocycles. The second-order valence-corrected chi connectivity index (χ2v) is 3.62. The molecule has 0 aliphatic rings. The van der Waals surface area contributed by atoms with Gasteiger partial charge in [-0.05, 0) is 18.2 Å². The molecule has 1 amide bonds. The first kappa shape index (κ1) is 13.3. The van der Waals surface area contributed by atoms with Crippen molar-refractivity contribution in [2.45, 2.75) is 0 Å². The summed E-state index contributed by atoms with van der Waals surface area (Å²) in [7, 11) is 0. The van der Waals surface area contributed by atoms with Gasteiger partial charge < -0.3 is 5.11 Å². The predicted molar refractivity (Wildman–Crippen MR) is 64.6 cm³/mol. The molecule has 1 aromatic carbocycles. The zero-order valence-electron chi connectivity index (χ0n) is 9.75. The molecule has 0 radical (unpaired) electrons. The summed E-state index contributed by atoms with van der Waals surface area (Å²) in [4.78, 5) is 37.4. The molecular formula is C11H7FN4O4. The minimum atomic E-state index is -1.01. The lowest BCUT2D eigenvalue weighted by Crippen LogP contribution is -2.21. The van der Waals surface area contributed by atoms with Gasteiger partial charge in [0, 0.05) is 5.56 Å². The summed E-state index contributed by atoms with van der Waals surface area (Å²) in [6.45, 7) is 0. The summed E-state index contributed by atoms with van der Waals surface area (Å²) in [5.74, 6) is -2.36. The van der Waals surface area contributed by atoms with Gasteiger partial charge in [-0.15, -0.1) is 10.2 Å². The number of halogens is 1. The van der Waals surface area contributed by atoms with Crippen molar-refractivity contribution in [1.82, 2.24) is 9.97 Å². The minimum absolute atomic E-state index is 0.0749. The third-order valence-corrected chi connectivity index (χ3v) is 2.21. The molecule has 0 fully saturated rings. The predicted octanol–water partition coefficient (Wildman–Crippen LogP) is 0.832. The highest BCUT2D eigenvalue weighted by molar-refractivity contribution is 5.94. The Labute approximate surface area is 109 Å². The fourth-order valence-corrected chi connectivity index (χ4v) is 1.34. The van der Waals surface area contributed by atoms with Crippen molar-refractivity contribution >= 4 is 11.6 Å². The number of aromatic amines is 2. The number of amides is 1. The first-order valence-electron chi connectivity index (χ1n) is 5.24. The Bertz CT molecular complexity index is 809. The highest BCUT2D eigenvalue weighted by atomic mass is 19.1. The van der Waals surface area contributed by atoms with E-state index in [1.165, 1.54) is 12.1 Å². The normalized spacial score (nSPS) is 10.8. The standard InChI is InChI=1S/C11H7FN4O4/c12-6-3-1-2-5(4-6)8(17)16-15-7-9(18)13-11(20)14-10(7)19/h1-4H,(H3,13,14,18,19,20). The summed E-state index contributed by atoms with van der Waals surface area (Å²) in [6.07, 6.45) is 0. The molecule has 0 spiro atoms. The zero-order valence-corrected chi connectivity index (χ0v) is 9.75. The molecule has 0 unspecified atom stereocenters. The lowest BCUT2D eigenvalue weighted by Gasteiger charge is -1.96. The molecule has 0 saturated carbocycles. The van der Waals surface area contributed by atoms with Crippen LogP contribution < -0.4 is 11.2 Å². The molecule has 1 heterocycles. The van der Waals surface area contributed by atoms with Crippen LogP contribution in [0.1, 0.15) is 10.4 Å². The van der Waals surface area contributed by atoms with Crippen LogP contribution in [-0.2, 0) is 0 Å². The molecule has 0 atom stereocenters. The summed E-state index contributed by atoms with van der Waals surface area (Å²) in [5, 5.41) is 15.7. The fourth-order valence-electron chi connectivity index (χ4n) is 1.34. The fraction of sp³-hybridized carbons (Fsp3) is 0. The van der Waals surface area contributed by atoms with Gasteiger partial charge in [-0.2, -0.15) is 0 Å². The van der Waals surface area contributed by atoms with Crippen molar-refractivity contribution in [1.29, 1.82) is 0 Å². The van der Waals surface area contributed by atoms with E-state index >= 15 is 0 Å². The van der Waals surface area contributed by atoms with Crippen LogP contribution in [0, 0.1) is 5.82 Å². The van der Waals surface area contributed by atoms with Crippen molar-refractivity contribution in [3.8, 4) is 5.88 Å². The first-order valence-corrected chi connectivity index (χ1v) is 5.24. The Kier molecular flexibility index (Phi) is 3.51. The number of benzene rings is 1. The molecule has 0 aliphatic carbocycles. The van der Waals surface area contributed by atoms with Gasteiger partial charge in [-0.3, -0.25) is 19.6 Å². The third kappa shape index (κ3) is 2.83. The van der Waals surface area contributed by atoms with E-state index in [-0.39, 0.29) is 5.56 Å². The molecule has 3 N–H and O–H groups in total. The van der Waals surface area contributed by atoms with Crippen molar-refractivity contribution in [2.75, 3.05) is 0 Å². The van der Waals surface area contributed by atoms with Crippen molar-refractivity contribution in [2.24, 2.45) is 10.2 Å². The average Bonchev–Trinajstić information content (AvgIpc) is 2.37. The Morgan fingerprint density at radius 2 is 2.00 bits per heavy atom. The van der Waals surface area contributed by atoms with Gasteiger partial charge in [0.15, 0.2) is 0 Å². The van der Waals surface area contributed by atoms with Crippen LogP contribution in [0.2, 0.25) is 0 Å². The first-order chi connectivity index (χ1) is 9.47. The van der Waals surface area contributed by atoms with Crippen LogP contribution in [0.25, 0.3) is 0 Å². The van der Waals surface area contributed by atoms with Crippen LogP contribution in [0.4, 0.5) is 10.1 Å². The number of H-pyrrole nitrogens is 2. The number of carbonyl (C=O) groups excluding carboxylic acids is 1. The number of rotatable bonds is 2. The molecule has 9 heteroatoms. The maximum atomic E-state index is 12.9. The Morgan fingerprint density at radius 3 is 2.65 bits per heavy atom. The van der Waals surface area contributed by atoms with E-state index in [9.17, 15) is 23.9 Å². The summed E-state index contributed by atoms with van der Waals surface area (Å²) >= 11 is 0. The van der Waals surface area contributed by atoms with Crippen LogP contribution >= 0.6 is 0 Å². The van der Waals surface area contributed by atoms with Crippen molar-refractivity contribution in [3.05, 3.63) is 56.5 Å². The SMILES string of the molecule is O=C(N=Nc1c(O)[nH]c(=O)[nH]c1=O)c1cccc(F)c1. The monoisotopic (exact) mass is 278 g/mol. The molecule has 102 valence electrons. The van der Waals surface area contributed by atoms with Gasteiger partial charge in [0.1, 0.15) is 5.82 Å². The van der Waals surface area contributed by atoms with Crippen LogP contribution in [0.5, 0.6) is 5.88 Å².